The van der Waals surface area contributed by atoms with Crippen LogP contribution in [0.4, 0.5) is 0 Å². The van der Waals surface area contributed by atoms with Gasteiger partial charge < -0.3 is 0 Å². The van der Waals surface area contributed by atoms with Crippen molar-refractivity contribution in [3.05, 3.63) is 93.9 Å². The summed E-state index contributed by atoms with van der Waals surface area (Å²) >= 11 is 8.76. The summed E-state index contributed by atoms with van der Waals surface area (Å²) in [6, 6.07) is 29.8. The van der Waals surface area contributed by atoms with E-state index in [2.05, 4.69) is 117 Å². The monoisotopic (exact) mass is 704 g/mol. The molecular weight excluding hydrogens is 692 g/mol. The fourth-order valence-corrected chi connectivity index (χ4v) is 6.10. The van der Waals surface area contributed by atoms with E-state index < -0.39 is 0 Å². The summed E-state index contributed by atoms with van der Waals surface area (Å²) in [5.74, 6) is 0. The number of rotatable bonds is 2. The van der Waals surface area contributed by atoms with Gasteiger partial charge in [-0.25, -0.2) is 0 Å². The van der Waals surface area contributed by atoms with Gasteiger partial charge in [-0.3, -0.25) is 0 Å². The van der Waals surface area contributed by atoms with Crippen molar-refractivity contribution in [2.24, 2.45) is 0 Å². The topological polar surface area (TPSA) is 25.8 Å². The Balaban J connectivity index is 0.00000130. The molecule has 0 aliphatic rings. The first kappa shape index (κ1) is 24.5. The van der Waals surface area contributed by atoms with E-state index in [9.17, 15) is 0 Å². The molecule has 2 nitrogen and oxygen atoms in total. The van der Waals surface area contributed by atoms with E-state index in [1.54, 1.807) is 0 Å². The molecule has 0 spiro atoms. The van der Waals surface area contributed by atoms with E-state index in [-0.39, 0.29) is 34.0 Å². The summed E-state index contributed by atoms with van der Waals surface area (Å²) in [7, 11) is 0. The van der Waals surface area contributed by atoms with Crippen LogP contribution in [0.15, 0.2) is 93.9 Å². The first-order valence-electron chi connectivity index (χ1n) is 9.83. The molecule has 5 aromatic carbocycles. The van der Waals surface area contributed by atoms with Gasteiger partial charge in [-0.2, -0.15) is 8.75 Å². The molecule has 7 heteroatoms. The first-order valence-corrected chi connectivity index (χ1v) is 12.1. The van der Waals surface area contributed by atoms with Gasteiger partial charge in [0, 0.05) is 30.8 Å². The van der Waals surface area contributed by atoms with Crippen molar-refractivity contribution >= 4 is 110 Å². The molecule has 0 atom stereocenters. The van der Waals surface area contributed by atoms with Crippen molar-refractivity contribution in [3.8, 4) is 22.3 Å². The highest BCUT2D eigenvalue weighted by Crippen LogP contribution is 2.42. The van der Waals surface area contributed by atoms with Gasteiger partial charge in [0.2, 0.25) is 0 Å². The number of nitrogens with zero attached hydrogens (tertiary/aromatic N) is 2. The molecule has 6 rings (SSSR count). The van der Waals surface area contributed by atoms with Crippen molar-refractivity contribution in [2.75, 3.05) is 0 Å². The van der Waals surface area contributed by atoms with Crippen LogP contribution in [0, 0.1) is 0 Å². The molecule has 0 fully saturated rings. The normalized spacial score (nSPS) is 10.8. The Kier molecular flexibility index (Phi) is 7.36. The van der Waals surface area contributed by atoms with Crippen LogP contribution in [0.2, 0.25) is 0 Å². The van der Waals surface area contributed by atoms with Gasteiger partial charge in [0.05, 0.1) is 11.7 Å². The Hall–Kier alpha value is -1.64. The molecule has 0 saturated heterocycles. The third-order valence-corrected chi connectivity index (χ3v) is 7.55. The minimum Gasteiger partial charge on any atom is -0.172 e. The molecule has 0 unspecified atom stereocenters. The summed E-state index contributed by atoms with van der Waals surface area (Å²) in [6.07, 6.45) is 0. The number of hydrogen-bond donors (Lipinski definition) is 0. The Morgan fingerprint density at radius 3 is 1.30 bits per heavy atom. The summed E-state index contributed by atoms with van der Waals surface area (Å²) < 4.78 is 11.6. The zero-order valence-electron chi connectivity index (χ0n) is 17.0. The molecule has 0 N–H and O–H groups in total. The van der Waals surface area contributed by atoms with Crippen LogP contribution in [0.5, 0.6) is 0 Å². The Labute approximate surface area is 233 Å². The molecular formula is C26H16Br4N2S. The standard InChI is InChI=1S/C26H14Br2N2S.2BrH/c27-21-11-3-7-15-5-1-9-17(23(15)21)19-13-14-20(26-25(19)29-31-30-26)18-10-2-6-16-8-4-12-22(28)24(16)18;;/h1-14H;2*1H. The number of hydrogen-bond acceptors (Lipinski definition) is 3. The summed E-state index contributed by atoms with van der Waals surface area (Å²) in [4.78, 5) is 0. The van der Waals surface area contributed by atoms with E-state index in [0.29, 0.717) is 0 Å². The molecule has 1 heterocycles. The van der Waals surface area contributed by atoms with E-state index in [1.165, 1.54) is 33.3 Å². The molecule has 33 heavy (non-hydrogen) atoms. The van der Waals surface area contributed by atoms with Crippen LogP contribution in [0.25, 0.3) is 54.8 Å². The molecule has 0 bridgehead atoms. The third kappa shape index (κ3) is 4.08. The van der Waals surface area contributed by atoms with Crippen molar-refractivity contribution < 1.29 is 0 Å². The van der Waals surface area contributed by atoms with Crippen LogP contribution in [-0.4, -0.2) is 8.75 Å². The Morgan fingerprint density at radius 2 is 0.879 bits per heavy atom. The first-order chi connectivity index (χ1) is 15.2. The largest absolute Gasteiger partial charge is 0.172 e. The molecule has 0 aliphatic carbocycles. The molecule has 6 aromatic rings. The summed E-state index contributed by atoms with van der Waals surface area (Å²) in [6.45, 7) is 0. The van der Waals surface area contributed by atoms with Gasteiger partial charge >= 0.3 is 0 Å². The van der Waals surface area contributed by atoms with Gasteiger partial charge in [0.15, 0.2) is 0 Å². The Morgan fingerprint density at radius 1 is 0.485 bits per heavy atom. The van der Waals surface area contributed by atoms with Gasteiger partial charge in [0.1, 0.15) is 11.0 Å². The van der Waals surface area contributed by atoms with E-state index in [4.69, 9.17) is 8.75 Å². The Bertz CT molecular complexity index is 1500. The van der Waals surface area contributed by atoms with E-state index in [0.717, 1.165) is 42.2 Å². The van der Waals surface area contributed by atoms with E-state index >= 15 is 0 Å². The zero-order valence-corrected chi connectivity index (χ0v) is 24.4. The predicted octanol–water partition coefficient (Wildman–Crippen LogP) is 10.0. The second kappa shape index (κ2) is 9.92. The zero-order chi connectivity index (χ0) is 20.9. The molecule has 164 valence electrons. The van der Waals surface area contributed by atoms with Crippen molar-refractivity contribution in [2.45, 2.75) is 0 Å². The lowest BCUT2D eigenvalue weighted by Gasteiger charge is -2.13. The highest BCUT2D eigenvalue weighted by atomic mass is 79.9. The van der Waals surface area contributed by atoms with Gasteiger partial charge in [0.25, 0.3) is 0 Å². The molecule has 0 radical (unpaired) electrons. The fourth-order valence-electron chi connectivity index (χ4n) is 4.34. The minimum atomic E-state index is 0. The fraction of sp³-hybridized carbons (Fsp3) is 0. The lowest BCUT2D eigenvalue weighted by Crippen LogP contribution is -1.89. The van der Waals surface area contributed by atoms with Gasteiger partial charge in [-0.15, -0.1) is 34.0 Å². The van der Waals surface area contributed by atoms with Crippen LogP contribution in [0.3, 0.4) is 0 Å². The average Bonchev–Trinajstić information content (AvgIpc) is 3.28. The summed E-state index contributed by atoms with van der Waals surface area (Å²) in [5.41, 5.74) is 6.40. The van der Waals surface area contributed by atoms with Crippen LogP contribution < -0.4 is 0 Å². The summed E-state index contributed by atoms with van der Waals surface area (Å²) in [5, 5.41) is 4.79. The maximum atomic E-state index is 4.72. The van der Waals surface area contributed by atoms with Gasteiger partial charge in [-0.1, -0.05) is 105 Å². The lowest BCUT2D eigenvalue weighted by atomic mass is 9.92. The molecule has 0 saturated carbocycles. The minimum absolute atomic E-state index is 0. The molecule has 0 aliphatic heterocycles. The average molecular weight is 708 g/mol. The molecule has 0 amide bonds. The second-order valence-electron chi connectivity index (χ2n) is 7.41. The van der Waals surface area contributed by atoms with Crippen molar-refractivity contribution in [1.29, 1.82) is 0 Å². The predicted molar refractivity (Wildman–Crippen MR) is 159 cm³/mol. The number of fused-ring (bicyclic) bond motifs is 3. The van der Waals surface area contributed by atoms with Gasteiger partial charge in [-0.05, 0) is 34.0 Å². The van der Waals surface area contributed by atoms with Crippen molar-refractivity contribution in [3.63, 3.8) is 0 Å². The number of halogens is 4. The van der Waals surface area contributed by atoms with E-state index in [1.807, 2.05) is 0 Å². The maximum Gasteiger partial charge on any atom is 0.113 e. The highest BCUT2D eigenvalue weighted by Gasteiger charge is 2.17. The smallest absolute Gasteiger partial charge is 0.113 e. The number of benzene rings is 5. The third-order valence-electron chi connectivity index (χ3n) is 5.70. The van der Waals surface area contributed by atoms with Crippen LogP contribution >= 0.6 is 77.6 Å². The highest BCUT2D eigenvalue weighted by molar-refractivity contribution is 9.11. The lowest BCUT2D eigenvalue weighted by molar-refractivity contribution is 1.59. The quantitative estimate of drug-likeness (QED) is 0.179. The van der Waals surface area contributed by atoms with Crippen LogP contribution in [0.1, 0.15) is 0 Å². The SMILES string of the molecule is Br.Br.Brc1cccc2cccc(-c3ccc(-c4cccc5cccc(Br)c45)c4nsnc34)c12. The molecule has 1 aromatic heterocycles. The maximum absolute atomic E-state index is 4.72. The van der Waals surface area contributed by atoms with Crippen LogP contribution in [-0.2, 0) is 0 Å². The number of aromatic nitrogens is 2. The van der Waals surface area contributed by atoms with Crippen molar-refractivity contribution in [1.82, 2.24) is 8.75 Å². The second-order valence-corrected chi connectivity index (χ2v) is 9.65.